The molecular formula is C20H33N5O2. The van der Waals surface area contributed by atoms with Gasteiger partial charge in [0.2, 0.25) is 5.91 Å². The average molecular weight is 376 g/mol. The van der Waals surface area contributed by atoms with Gasteiger partial charge >= 0.3 is 6.03 Å². The summed E-state index contributed by atoms with van der Waals surface area (Å²) >= 11 is 0. The van der Waals surface area contributed by atoms with Crippen molar-refractivity contribution in [3.63, 3.8) is 0 Å². The predicted octanol–water partition coefficient (Wildman–Crippen LogP) is 1.97. The molecular weight excluding hydrogens is 342 g/mol. The number of nitriles is 1. The highest BCUT2D eigenvalue weighted by atomic mass is 16.2. The summed E-state index contributed by atoms with van der Waals surface area (Å²) in [5.41, 5.74) is 4.59. The molecule has 0 bridgehead atoms. The number of piperidine rings is 1. The summed E-state index contributed by atoms with van der Waals surface area (Å²) in [5, 5.41) is 12.8. The van der Waals surface area contributed by atoms with Crippen LogP contribution >= 0.6 is 0 Å². The van der Waals surface area contributed by atoms with Crippen molar-refractivity contribution < 1.29 is 9.59 Å². The summed E-state index contributed by atoms with van der Waals surface area (Å²) < 4.78 is 0. The first kappa shape index (κ1) is 19.9. The smallest absolute Gasteiger partial charge is 0.314 e. The fourth-order valence-electron chi connectivity index (χ4n) is 4.96. The average Bonchev–Trinajstić information content (AvgIpc) is 3.12. The number of likely N-dealkylation sites (tertiary alicyclic amines) is 2. The minimum atomic E-state index is -0.759. The van der Waals surface area contributed by atoms with Gasteiger partial charge in [-0.3, -0.25) is 9.69 Å². The number of hydrogen-bond acceptors (Lipinski definition) is 4. The first-order valence-electron chi connectivity index (χ1n) is 10.5. The van der Waals surface area contributed by atoms with Crippen LogP contribution in [0.5, 0.6) is 0 Å². The van der Waals surface area contributed by atoms with Gasteiger partial charge in [0.15, 0.2) is 0 Å². The second-order valence-corrected chi connectivity index (χ2v) is 8.56. The molecule has 27 heavy (non-hydrogen) atoms. The van der Waals surface area contributed by atoms with Crippen molar-refractivity contribution in [1.82, 2.24) is 15.1 Å². The molecule has 0 aromatic carbocycles. The molecule has 2 heterocycles. The van der Waals surface area contributed by atoms with Crippen molar-refractivity contribution in [2.75, 3.05) is 26.2 Å². The molecule has 0 radical (unpaired) electrons. The molecule has 3 fully saturated rings. The van der Waals surface area contributed by atoms with E-state index in [0.717, 1.165) is 25.8 Å². The molecule has 0 aromatic rings. The number of rotatable bonds is 5. The van der Waals surface area contributed by atoms with Crippen LogP contribution in [-0.4, -0.2) is 59.5 Å². The van der Waals surface area contributed by atoms with Crippen LogP contribution in [0.2, 0.25) is 0 Å². The summed E-state index contributed by atoms with van der Waals surface area (Å²) in [5.74, 6) is 0.700. The minimum absolute atomic E-state index is 0.0209. The number of nitrogens with two attached hydrogens (primary N) is 1. The molecule has 0 spiro atoms. The fourth-order valence-corrected chi connectivity index (χ4v) is 4.96. The SMILES string of the molecule is N#CC1(NC(=O)CCC2CCCCC2)CCN(C2CCN(C(N)=O)CC2)C1. The van der Waals surface area contributed by atoms with Gasteiger partial charge in [-0.05, 0) is 31.6 Å². The highest BCUT2D eigenvalue weighted by Gasteiger charge is 2.42. The van der Waals surface area contributed by atoms with Crippen molar-refractivity contribution >= 4 is 11.9 Å². The molecule has 7 nitrogen and oxygen atoms in total. The summed E-state index contributed by atoms with van der Waals surface area (Å²) in [6, 6.07) is 2.39. The van der Waals surface area contributed by atoms with Gasteiger partial charge in [0.25, 0.3) is 0 Å². The third-order valence-corrected chi connectivity index (χ3v) is 6.69. The summed E-state index contributed by atoms with van der Waals surface area (Å²) in [7, 11) is 0. The van der Waals surface area contributed by atoms with Crippen LogP contribution in [0.3, 0.4) is 0 Å². The van der Waals surface area contributed by atoms with Gasteiger partial charge in [-0.1, -0.05) is 32.1 Å². The number of amides is 3. The molecule has 7 heteroatoms. The lowest BCUT2D eigenvalue weighted by atomic mass is 9.86. The molecule has 2 aliphatic heterocycles. The van der Waals surface area contributed by atoms with E-state index in [-0.39, 0.29) is 11.9 Å². The molecule has 1 saturated carbocycles. The first-order chi connectivity index (χ1) is 13.0. The Morgan fingerprint density at radius 2 is 1.81 bits per heavy atom. The fraction of sp³-hybridized carbons (Fsp3) is 0.850. The van der Waals surface area contributed by atoms with Gasteiger partial charge in [0.1, 0.15) is 5.54 Å². The molecule has 3 amide bonds. The molecule has 3 aliphatic rings. The number of primary amides is 1. The quantitative estimate of drug-likeness (QED) is 0.767. The number of nitrogens with one attached hydrogen (secondary N) is 1. The normalized spacial score (nSPS) is 28.0. The van der Waals surface area contributed by atoms with Gasteiger partial charge in [-0.15, -0.1) is 0 Å². The zero-order chi connectivity index (χ0) is 19.3. The monoisotopic (exact) mass is 375 g/mol. The van der Waals surface area contributed by atoms with Crippen LogP contribution in [-0.2, 0) is 4.79 Å². The van der Waals surface area contributed by atoms with E-state index in [2.05, 4.69) is 16.3 Å². The van der Waals surface area contributed by atoms with E-state index in [1.807, 2.05) is 0 Å². The summed E-state index contributed by atoms with van der Waals surface area (Å²) in [4.78, 5) is 27.7. The third kappa shape index (κ3) is 5.13. The minimum Gasteiger partial charge on any atom is -0.351 e. The summed E-state index contributed by atoms with van der Waals surface area (Å²) in [6.07, 6.45) is 10.3. The topological polar surface area (TPSA) is 102 Å². The second-order valence-electron chi connectivity index (χ2n) is 8.56. The van der Waals surface area contributed by atoms with E-state index in [4.69, 9.17) is 5.73 Å². The lowest BCUT2D eigenvalue weighted by Crippen LogP contribution is -2.52. The van der Waals surface area contributed by atoms with Gasteiger partial charge in [0, 0.05) is 38.6 Å². The maximum Gasteiger partial charge on any atom is 0.314 e. The van der Waals surface area contributed by atoms with Crippen molar-refractivity contribution in [3.8, 4) is 6.07 Å². The zero-order valence-electron chi connectivity index (χ0n) is 16.3. The second kappa shape index (κ2) is 8.92. The van der Waals surface area contributed by atoms with E-state index in [9.17, 15) is 14.9 Å². The molecule has 1 unspecified atom stereocenters. The van der Waals surface area contributed by atoms with Gasteiger partial charge in [-0.2, -0.15) is 5.26 Å². The van der Waals surface area contributed by atoms with Gasteiger partial charge < -0.3 is 16.0 Å². The van der Waals surface area contributed by atoms with E-state index < -0.39 is 5.54 Å². The molecule has 150 valence electrons. The molecule has 3 N–H and O–H groups in total. The van der Waals surface area contributed by atoms with Crippen LogP contribution in [0.1, 0.15) is 64.2 Å². The highest BCUT2D eigenvalue weighted by Crippen LogP contribution is 2.29. The molecule has 3 rings (SSSR count). The van der Waals surface area contributed by atoms with Crippen LogP contribution < -0.4 is 11.1 Å². The largest absolute Gasteiger partial charge is 0.351 e. The standard InChI is InChI=1S/C20H33N5O2/c21-14-20(23-18(26)7-6-16-4-2-1-3-5-16)10-13-25(15-20)17-8-11-24(12-9-17)19(22)27/h16-17H,1-13,15H2,(H2,22,27)(H,23,26). The van der Waals surface area contributed by atoms with Crippen molar-refractivity contribution in [3.05, 3.63) is 0 Å². The number of hydrogen-bond donors (Lipinski definition) is 2. The van der Waals surface area contributed by atoms with Crippen LogP contribution in [0.15, 0.2) is 0 Å². The number of urea groups is 1. The van der Waals surface area contributed by atoms with Gasteiger partial charge in [0.05, 0.1) is 6.07 Å². The van der Waals surface area contributed by atoms with Crippen LogP contribution in [0.25, 0.3) is 0 Å². The molecule has 1 atom stereocenters. The zero-order valence-corrected chi connectivity index (χ0v) is 16.3. The van der Waals surface area contributed by atoms with E-state index in [0.29, 0.717) is 44.4 Å². The number of nitrogens with zero attached hydrogens (tertiary/aromatic N) is 3. The Kier molecular flexibility index (Phi) is 6.59. The highest BCUT2D eigenvalue weighted by molar-refractivity contribution is 5.77. The Labute approximate surface area is 162 Å². The Morgan fingerprint density at radius 1 is 1.11 bits per heavy atom. The van der Waals surface area contributed by atoms with Gasteiger partial charge in [-0.25, -0.2) is 4.79 Å². The van der Waals surface area contributed by atoms with Crippen LogP contribution in [0, 0.1) is 17.2 Å². The maximum absolute atomic E-state index is 12.5. The van der Waals surface area contributed by atoms with E-state index in [1.165, 1.54) is 32.1 Å². The molecule has 0 aromatic heterocycles. The van der Waals surface area contributed by atoms with E-state index in [1.54, 1.807) is 4.90 Å². The first-order valence-corrected chi connectivity index (χ1v) is 10.5. The number of carbonyl (C=O) groups excluding carboxylic acids is 2. The Morgan fingerprint density at radius 3 is 2.44 bits per heavy atom. The van der Waals surface area contributed by atoms with Crippen molar-refractivity contribution in [1.29, 1.82) is 5.26 Å². The lowest BCUT2D eigenvalue weighted by molar-refractivity contribution is -0.122. The van der Waals surface area contributed by atoms with Crippen LogP contribution in [0.4, 0.5) is 4.79 Å². The van der Waals surface area contributed by atoms with Crippen molar-refractivity contribution in [2.45, 2.75) is 75.8 Å². The maximum atomic E-state index is 12.5. The molecule has 1 aliphatic carbocycles. The summed E-state index contributed by atoms with van der Waals surface area (Å²) in [6.45, 7) is 2.74. The Bertz CT molecular complexity index is 575. The van der Waals surface area contributed by atoms with Crippen molar-refractivity contribution in [2.24, 2.45) is 11.7 Å². The molecule has 2 saturated heterocycles. The Balaban J connectivity index is 1.46. The Hall–Kier alpha value is -1.81. The predicted molar refractivity (Wildman–Crippen MR) is 103 cm³/mol. The lowest BCUT2D eigenvalue weighted by Gasteiger charge is -2.36. The number of carbonyl (C=O) groups is 2. The van der Waals surface area contributed by atoms with E-state index >= 15 is 0 Å². The third-order valence-electron chi connectivity index (χ3n) is 6.69.